The molecular formula is C21H23F2N9O10P2S. The highest BCUT2D eigenvalue weighted by Gasteiger charge is 2.53. The standard InChI is InChI=1S/C21H23F2N9O10P2S/c22-10-14-8(40-19(10)31-4-26-12-6(31)1-9(24)28-17(12)33)3-38-44(36,45)42-15-7(2-37-43(35)41-14)39-20(11(15)23)32-5-27-13-16(32)29-21(25)30-18(13)34/h1,4-5,7-8,10-11,14-15,19-20,43H,2-3H2,(H,36,45)(H3,24,28,33)(H3,25,29,30,34)/t7-,8-,10-,11-,14-,15-,19-,20-,44-/m1/s1. The fraction of sp³-hybridized carbons (Fsp3) is 0.476. The fourth-order valence-electron chi connectivity index (χ4n) is 5.41. The van der Waals surface area contributed by atoms with Gasteiger partial charge < -0.3 is 39.5 Å². The normalized spacial score (nSPS) is 36.0. The Hall–Kier alpha value is -3.20. The molecule has 0 saturated carbocycles. The van der Waals surface area contributed by atoms with E-state index >= 15 is 8.78 Å². The van der Waals surface area contributed by atoms with Crippen LogP contribution in [-0.4, -0.2) is 84.0 Å². The van der Waals surface area contributed by atoms with Crippen LogP contribution >= 0.6 is 27.3 Å². The Morgan fingerprint density at radius 3 is 2.40 bits per heavy atom. The molecule has 10 atom stereocenters. The molecule has 7 rings (SSSR count). The average molecular weight is 693 g/mol. The highest BCUT2D eigenvalue weighted by Crippen LogP contribution is 2.57. The van der Waals surface area contributed by atoms with Gasteiger partial charge in [0.05, 0.1) is 31.4 Å². The van der Waals surface area contributed by atoms with E-state index in [0.29, 0.717) is 0 Å². The lowest BCUT2D eigenvalue weighted by molar-refractivity contribution is -0.0538. The summed E-state index contributed by atoms with van der Waals surface area (Å²) in [6.07, 6.45) is -10.9. The van der Waals surface area contributed by atoms with Gasteiger partial charge in [-0.15, -0.1) is 0 Å². The predicted octanol–water partition coefficient (Wildman–Crippen LogP) is 0.738. The van der Waals surface area contributed by atoms with Crippen LogP contribution < -0.4 is 22.6 Å². The van der Waals surface area contributed by atoms with Crippen LogP contribution in [0.3, 0.4) is 0 Å². The van der Waals surface area contributed by atoms with Crippen LogP contribution in [0.4, 0.5) is 20.5 Å². The van der Waals surface area contributed by atoms with Crippen molar-refractivity contribution in [2.75, 3.05) is 24.7 Å². The summed E-state index contributed by atoms with van der Waals surface area (Å²) in [4.78, 5) is 40.9. The number of imidazole rings is 2. The van der Waals surface area contributed by atoms with Gasteiger partial charge in [0.25, 0.3) is 11.1 Å². The molecule has 4 aromatic rings. The third-order valence-electron chi connectivity index (χ3n) is 7.38. The molecule has 45 heavy (non-hydrogen) atoms. The molecule has 0 aliphatic carbocycles. The van der Waals surface area contributed by atoms with Gasteiger partial charge in [0, 0.05) is 6.07 Å². The van der Waals surface area contributed by atoms with Crippen LogP contribution in [0.2, 0.25) is 0 Å². The van der Waals surface area contributed by atoms with Gasteiger partial charge in [-0.1, -0.05) is 12.2 Å². The molecule has 19 nitrogen and oxygen atoms in total. The predicted molar refractivity (Wildman–Crippen MR) is 152 cm³/mol. The lowest BCUT2D eigenvalue weighted by Gasteiger charge is -2.26. The van der Waals surface area contributed by atoms with E-state index in [1.54, 1.807) is 0 Å². The van der Waals surface area contributed by atoms with Crippen molar-refractivity contribution < 1.29 is 45.5 Å². The first-order chi connectivity index (χ1) is 21.4. The highest BCUT2D eigenvalue weighted by atomic mass is 32.7. The lowest BCUT2D eigenvalue weighted by Crippen LogP contribution is -2.36. The molecule has 242 valence electrons. The minimum absolute atomic E-state index is 0.0169. The minimum atomic E-state index is -4.43. The summed E-state index contributed by atoms with van der Waals surface area (Å²) in [6.45, 7) is -5.75. The summed E-state index contributed by atoms with van der Waals surface area (Å²) in [5.41, 5.74) is 9.87. The number of nitrogens with one attached hydrogen (secondary N) is 2. The first kappa shape index (κ1) is 30.5. The maximum absolute atomic E-state index is 15.9. The van der Waals surface area contributed by atoms with Gasteiger partial charge in [-0.3, -0.25) is 32.8 Å². The molecule has 0 aromatic carbocycles. The van der Waals surface area contributed by atoms with Crippen LogP contribution in [0, 0.1) is 0 Å². The van der Waals surface area contributed by atoms with E-state index in [1.165, 1.54) is 10.6 Å². The van der Waals surface area contributed by atoms with Gasteiger partial charge in [-0.25, -0.2) is 23.3 Å². The molecule has 0 radical (unpaired) electrons. The number of ether oxygens (including phenoxy) is 2. The fourth-order valence-corrected chi connectivity index (χ4v) is 7.77. The van der Waals surface area contributed by atoms with Crippen molar-refractivity contribution in [3.63, 3.8) is 0 Å². The van der Waals surface area contributed by atoms with Crippen LogP contribution in [-0.2, 0) is 36.7 Å². The number of nitrogens with zero attached hydrogens (tertiary/aromatic N) is 5. The zero-order valence-electron chi connectivity index (χ0n) is 22.4. The Bertz CT molecular complexity index is 1990. The third kappa shape index (κ3) is 5.38. The number of H-pyrrole nitrogens is 2. The van der Waals surface area contributed by atoms with Gasteiger partial charge >= 0.3 is 15.1 Å². The summed E-state index contributed by atoms with van der Waals surface area (Å²) in [5.74, 6) is -0.283. The molecule has 1 unspecified atom stereocenters. The number of thiol groups is 1. The van der Waals surface area contributed by atoms with Crippen LogP contribution in [0.5, 0.6) is 0 Å². The molecule has 3 aliphatic heterocycles. The second-order valence-electron chi connectivity index (χ2n) is 10.2. The SMILES string of the molecule is Nc1cc2c(ncn2[C@@H]2O[C@@H]3CO[P@@](=O)(S)O[C@H]4[C@@H](F)[C@H](n5cnc6c(=O)[nH]c(N)nc65)O[C@@H]4CO[PH](=O)O[C@H]3[C@H]2F)c(=O)[nH]1. The van der Waals surface area contributed by atoms with Crippen LogP contribution in [0.1, 0.15) is 12.5 Å². The number of aromatic nitrogens is 7. The van der Waals surface area contributed by atoms with Crippen molar-refractivity contribution in [1.29, 1.82) is 0 Å². The third-order valence-corrected chi connectivity index (χ3v) is 9.87. The number of hydrogen-bond donors (Lipinski definition) is 5. The van der Waals surface area contributed by atoms with Crippen molar-refractivity contribution in [3.8, 4) is 0 Å². The number of pyridine rings is 1. The first-order valence-electron chi connectivity index (χ1n) is 13.1. The van der Waals surface area contributed by atoms with Crippen molar-refractivity contribution in [2.24, 2.45) is 0 Å². The Kier molecular flexibility index (Phi) is 7.61. The second kappa shape index (κ2) is 11.2. The molecule has 4 aromatic heterocycles. The summed E-state index contributed by atoms with van der Waals surface area (Å²) >= 11 is 3.96. The molecule has 0 bridgehead atoms. The molecule has 3 fully saturated rings. The Balaban J connectivity index is 1.15. The maximum Gasteiger partial charge on any atom is 0.386 e. The maximum atomic E-state index is 15.9. The largest absolute Gasteiger partial charge is 0.386 e. The minimum Gasteiger partial charge on any atom is -0.385 e. The van der Waals surface area contributed by atoms with Crippen molar-refractivity contribution in [1.82, 2.24) is 34.1 Å². The van der Waals surface area contributed by atoms with Crippen LogP contribution in [0.15, 0.2) is 28.3 Å². The van der Waals surface area contributed by atoms with Crippen molar-refractivity contribution >= 4 is 61.3 Å². The number of fused-ring (bicyclic) bond motifs is 4. The van der Waals surface area contributed by atoms with Crippen molar-refractivity contribution in [3.05, 3.63) is 39.4 Å². The number of anilines is 2. The molecule has 0 spiro atoms. The Morgan fingerprint density at radius 1 is 0.978 bits per heavy atom. The van der Waals surface area contributed by atoms with Gasteiger partial charge in [-0.05, 0) is 0 Å². The smallest absolute Gasteiger partial charge is 0.385 e. The second-order valence-corrected chi connectivity index (χ2v) is 14.1. The number of rotatable bonds is 2. The summed E-state index contributed by atoms with van der Waals surface area (Å²) in [5, 5.41) is 0. The molecule has 7 heterocycles. The van der Waals surface area contributed by atoms with Gasteiger partial charge in [0.15, 0.2) is 41.5 Å². The Labute approximate surface area is 254 Å². The van der Waals surface area contributed by atoms with Gasteiger partial charge in [0.1, 0.15) is 30.2 Å². The zero-order valence-corrected chi connectivity index (χ0v) is 25.2. The zero-order chi connectivity index (χ0) is 31.8. The highest BCUT2D eigenvalue weighted by molar-refractivity contribution is 8.44. The van der Waals surface area contributed by atoms with Crippen molar-refractivity contribution in [2.45, 2.75) is 49.2 Å². The first-order valence-corrected chi connectivity index (χ1v) is 17.0. The molecular weight excluding hydrogens is 670 g/mol. The lowest BCUT2D eigenvalue weighted by atomic mass is 10.1. The number of halogens is 2. The molecule has 6 N–H and O–H groups in total. The van der Waals surface area contributed by atoms with Gasteiger partial charge in [0.2, 0.25) is 5.95 Å². The van der Waals surface area contributed by atoms with E-state index in [1.807, 2.05) is 0 Å². The monoisotopic (exact) mass is 693 g/mol. The number of aromatic amines is 2. The van der Waals surface area contributed by atoms with E-state index in [-0.39, 0.29) is 34.0 Å². The van der Waals surface area contributed by atoms with Gasteiger partial charge in [-0.2, -0.15) is 4.98 Å². The van der Waals surface area contributed by atoms with E-state index in [0.717, 1.165) is 17.2 Å². The summed E-state index contributed by atoms with van der Waals surface area (Å²) in [7, 11) is -3.52. The van der Waals surface area contributed by atoms with E-state index in [2.05, 4.69) is 37.2 Å². The molecule has 3 saturated heterocycles. The average Bonchev–Trinajstić information content (AvgIpc) is 3.72. The number of alkyl halides is 2. The quantitative estimate of drug-likeness (QED) is 0.143. The number of hydrogen-bond acceptors (Lipinski definition) is 15. The number of nitrogens with two attached hydrogens (primary N) is 2. The van der Waals surface area contributed by atoms with Crippen LogP contribution in [0.25, 0.3) is 22.2 Å². The van der Waals surface area contributed by atoms with E-state index in [9.17, 15) is 18.7 Å². The molecule has 0 amide bonds. The summed E-state index contributed by atoms with van der Waals surface area (Å²) < 4.78 is 93.3. The Morgan fingerprint density at radius 2 is 1.62 bits per heavy atom. The molecule has 3 aliphatic rings. The summed E-state index contributed by atoms with van der Waals surface area (Å²) in [6, 6.07) is 1.35. The molecule has 24 heteroatoms. The topological polar surface area (TPSA) is 256 Å². The van der Waals surface area contributed by atoms with E-state index in [4.69, 9.17) is 39.0 Å². The number of nitrogen functional groups attached to an aromatic ring is 2. The van der Waals surface area contributed by atoms with E-state index < -0.39 is 88.6 Å².